The normalized spacial score (nSPS) is 16.4. The average Bonchev–Trinajstić information content (AvgIpc) is 1.92. The fourth-order valence-corrected chi connectivity index (χ4v) is 2.72. The molecule has 4 nitrogen and oxygen atoms in total. The highest BCUT2D eigenvalue weighted by molar-refractivity contribution is 7.92. The van der Waals surface area contributed by atoms with E-state index in [9.17, 15) is 9.35 Å². The smallest absolute Gasteiger partial charge is 0.353 e. The summed E-state index contributed by atoms with van der Waals surface area (Å²) in [6, 6.07) is 0. The molecule has 108 valence electrons. The molecule has 0 bridgehead atoms. The van der Waals surface area contributed by atoms with Gasteiger partial charge in [0, 0.05) is 0 Å². The van der Waals surface area contributed by atoms with Crippen molar-refractivity contribution >= 4 is 17.1 Å². The van der Waals surface area contributed by atoms with Crippen LogP contribution in [0.4, 0.5) is 0 Å². The maximum atomic E-state index is 11.7. The lowest BCUT2D eigenvalue weighted by Crippen LogP contribution is -2.36. The van der Waals surface area contributed by atoms with Gasteiger partial charge in [-0.05, 0) is 43.8 Å². The van der Waals surface area contributed by atoms with E-state index in [1.165, 1.54) is 0 Å². The van der Waals surface area contributed by atoms with Gasteiger partial charge in [-0.15, -0.1) is 0 Å². The highest BCUT2D eigenvalue weighted by Gasteiger charge is 2.28. The molecule has 2 unspecified atom stereocenters. The SMILES string of the molecule is CC(C)(C)CC(C[S+]([O-])CC(=O)O)OC(C)(C)C. The largest absolute Gasteiger partial charge is 0.616 e. The van der Waals surface area contributed by atoms with Crippen molar-refractivity contribution in [3.63, 3.8) is 0 Å². The molecule has 0 saturated carbocycles. The Kier molecular flexibility index (Phi) is 6.68. The summed E-state index contributed by atoms with van der Waals surface area (Å²) < 4.78 is 17.6. The van der Waals surface area contributed by atoms with Crippen LogP contribution in [-0.4, -0.2) is 38.8 Å². The van der Waals surface area contributed by atoms with Crippen LogP contribution in [0.2, 0.25) is 0 Å². The van der Waals surface area contributed by atoms with E-state index in [0.717, 1.165) is 6.42 Å². The van der Waals surface area contributed by atoms with Crippen molar-refractivity contribution in [1.82, 2.24) is 0 Å². The summed E-state index contributed by atoms with van der Waals surface area (Å²) in [6.45, 7) is 12.1. The minimum Gasteiger partial charge on any atom is -0.616 e. The molecule has 0 aliphatic heterocycles. The highest BCUT2D eigenvalue weighted by atomic mass is 32.2. The van der Waals surface area contributed by atoms with Gasteiger partial charge < -0.3 is 14.4 Å². The van der Waals surface area contributed by atoms with Crippen LogP contribution in [0.3, 0.4) is 0 Å². The molecule has 0 radical (unpaired) electrons. The van der Waals surface area contributed by atoms with Gasteiger partial charge in [0.25, 0.3) is 0 Å². The molecule has 0 spiro atoms. The number of aliphatic carboxylic acids is 1. The molecule has 0 aromatic carbocycles. The first-order chi connectivity index (χ1) is 7.89. The predicted octanol–water partition coefficient (Wildman–Crippen LogP) is 2.44. The molecular weight excluding hydrogens is 252 g/mol. The number of hydrogen-bond donors (Lipinski definition) is 1. The number of hydrogen-bond acceptors (Lipinski definition) is 3. The Morgan fingerprint density at radius 1 is 1.28 bits per heavy atom. The lowest BCUT2D eigenvalue weighted by molar-refractivity contribution is -0.134. The standard InChI is InChI=1S/C13H26O4S/c1-12(2,3)7-10(17-13(4,5)6)8-18(16)9-11(14)15/h10H,7-9H2,1-6H3,(H,14,15). The van der Waals surface area contributed by atoms with Gasteiger partial charge >= 0.3 is 5.97 Å². The van der Waals surface area contributed by atoms with Crippen LogP contribution in [-0.2, 0) is 20.7 Å². The van der Waals surface area contributed by atoms with Gasteiger partial charge in [0.05, 0.1) is 5.60 Å². The molecule has 0 heterocycles. The Bertz CT molecular complexity index is 249. The van der Waals surface area contributed by atoms with E-state index in [-0.39, 0.29) is 28.6 Å². The Morgan fingerprint density at radius 2 is 1.78 bits per heavy atom. The molecule has 1 N–H and O–H groups in total. The van der Waals surface area contributed by atoms with Crippen molar-refractivity contribution in [2.24, 2.45) is 5.41 Å². The summed E-state index contributed by atoms with van der Waals surface area (Å²) in [5, 5.41) is 8.63. The molecule has 5 heteroatoms. The Labute approximate surface area is 113 Å². The minimum atomic E-state index is -1.37. The first-order valence-electron chi connectivity index (χ1n) is 6.14. The molecule has 18 heavy (non-hydrogen) atoms. The molecule has 0 aliphatic carbocycles. The number of ether oxygens (including phenoxy) is 1. The molecule has 0 aromatic rings. The summed E-state index contributed by atoms with van der Waals surface area (Å²) in [5.74, 6) is -1.06. The van der Waals surface area contributed by atoms with E-state index in [2.05, 4.69) is 20.8 Å². The van der Waals surface area contributed by atoms with Crippen LogP contribution >= 0.6 is 0 Å². The monoisotopic (exact) mass is 278 g/mol. The zero-order valence-electron chi connectivity index (χ0n) is 12.3. The molecule has 0 aliphatic rings. The van der Waals surface area contributed by atoms with Crippen LogP contribution in [0, 0.1) is 5.41 Å². The van der Waals surface area contributed by atoms with Crippen molar-refractivity contribution < 1.29 is 19.2 Å². The van der Waals surface area contributed by atoms with Gasteiger partial charge in [-0.1, -0.05) is 20.8 Å². The lowest BCUT2D eigenvalue weighted by Gasteiger charge is -2.31. The van der Waals surface area contributed by atoms with Crippen molar-refractivity contribution in [1.29, 1.82) is 0 Å². The van der Waals surface area contributed by atoms with Crippen molar-refractivity contribution in [3.8, 4) is 0 Å². The van der Waals surface area contributed by atoms with Crippen LogP contribution in [0.15, 0.2) is 0 Å². The molecule has 2 atom stereocenters. The quantitative estimate of drug-likeness (QED) is 0.758. The number of carboxylic acid groups (broad SMARTS) is 1. The molecule has 0 fully saturated rings. The van der Waals surface area contributed by atoms with Crippen molar-refractivity contribution in [2.45, 2.75) is 59.7 Å². The highest BCUT2D eigenvalue weighted by Crippen LogP contribution is 2.26. The Hall–Kier alpha value is -0.260. The van der Waals surface area contributed by atoms with E-state index in [1.54, 1.807) is 0 Å². The van der Waals surface area contributed by atoms with Crippen LogP contribution in [0.5, 0.6) is 0 Å². The summed E-state index contributed by atoms with van der Waals surface area (Å²) in [6.07, 6.45) is 0.584. The van der Waals surface area contributed by atoms with Crippen molar-refractivity contribution in [2.75, 3.05) is 11.5 Å². The fourth-order valence-electron chi connectivity index (χ4n) is 1.72. The first-order valence-corrected chi connectivity index (χ1v) is 7.62. The van der Waals surface area contributed by atoms with Gasteiger partial charge in [-0.3, -0.25) is 0 Å². The molecule has 0 rings (SSSR count). The van der Waals surface area contributed by atoms with E-state index < -0.39 is 17.1 Å². The maximum absolute atomic E-state index is 11.7. The number of carbonyl (C=O) groups is 1. The van der Waals surface area contributed by atoms with E-state index >= 15 is 0 Å². The number of rotatable bonds is 6. The Morgan fingerprint density at radius 3 is 2.11 bits per heavy atom. The van der Waals surface area contributed by atoms with Crippen LogP contribution < -0.4 is 0 Å². The Balaban J connectivity index is 4.52. The average molecular weight is 278 g/mol. The second-order valence-electron chi connectivity index (χ2n) is 6.76. The van der Waals surface area contributed by atoms with Gasteiger partial charge in [-0.2, -0.15) is 0 Å². The topological polar surface area (TPSA) is 69.6 Å². The predicted molar refractivity (Wildman–Crippen MR) is 74.2 cm³/mol. The fraction of sp³-hybridized carbons (Fsp3) is 0.923. The minimum absolute atomic E-state index is 0.0589. The van der Waals surface area contributed by atoms with Gasteiger partial charge in [0.1, 0.15) is 11.9 Å². The lowest BCUT2D eigenvalue weighted by atomic mass is 9.89. The van der Waals surface area contributed by atoms with E-state index in [4.69, 9.17) is 9.84 Å². The van der Waals surface area contributed by atoms with Gasteiger partial charge in [0.2, 0.25) is 5.75 Å². The zero-order valence-corrected chi connectivity index (χ0v) is 13.1. The third-order valence-electron chi connectivity index (χ3n) is 2.02. The molecular formula is C13H26O4S. The summed E-state index contributed by atoms with van der Waals surface area (Å²) in [5.41, 5.74) is -0.257. The molecule has 0 saturated heterocycles. The first kappa shape index (κ1) is 17.7. The van der Waals surface area contributed by atoms with Gasteiger partial charge in [0.15, 0.2) is 0 Å². The van der Waals surface area contributed by atoms with Gasteiger partial charge in [-0.25, -0.2) is 4.79 Å². The van der Waals surface area contributed by atoms with Crippen molar-refractivity contribution in [3.05, 3.63) is 0 Å². The number of carboxylic acids is 1. The second-order valence-corrected chi connectivity index (χ2v) is 8.26. The maximum Gasteiger partial charge on any atom is 0.353 e. The van der Waals surface area contributed by atoms with Crippen LogP contribution in [0.25, 0.3) is 0 Å². The molecule has 0 amide bonds. The third kappa shape index (κ3) is 10.9. The van der Waals surface area contributed by atoms with Crippen LogP contribution in [0.1, 0.15) is 48.0 Å². The van der Waals surface area contributed by atoms with E-state index in [0.29, 0.717) is 0 Å². The zero-order chi connectivity index (χ0) is 14.6. The second kappa shape index (κ2) is 6.78. The summed E-state index contributed by atoms with van der Waals surface area (Å²) >= 11 is -1.37. The van der Waals surface area contributed by atoms with E-state index in [1.807, 2.05) is 20.8 Å². The molecule has 0 aromatic heterocycles. The third-order valence-corrected chi connectivity index (χ3v) is 3.33. The summed E-state index contributed by atoms with van der Waals surface area (Å²) in [7, 11) is 0. The summed E-state index contributed by atoms with van der Waals surface area (Å²) in [4.78, 5) is 10.5.